The number of ketones is 1. The summed E-state index contributed by atoms with van der Waals surface area (Å²) in [4.78, 5) is 16.5. The molecule has 1 aromatic heterocycles. The van der Waals surface area contributed by atoms with Crippen LogP contribution in [0.5, 0.6) is 0 Å². The van der Waals surface area contributed by atoms with Gasteiger partial charge < -0.3 is 5.11 Å². The molecule has 41 heavy (non-hydrogen) atoms. The van der Waals surface area contributed by atoms with Crippen molar-refractivity contribution < 1.29 is 30.0 Å². The van der Waals surface area contributed by atoms with Crippen LogP contribution in [0.15, 0.2) is 42.3 Å². The van der Waals surface area contributed by atoms with Crippen molar-refractivity contribution in [2.75, 3.05) is 0 Å². The van der Waals surface area contributed by atoms with Crippen molar-refractivity contribution in [2.24, 2.45) is 11.8 Å². The smallest absolute Gasteiger partial charge is 0.162 e. The summed E-state index contributed by atoms with van der Waals surface area (Å²) in [6.07, 6.45) is 6.81. The quantitative estimate of drug-likeness (QED) is 0.150. The molecule has 0 fully saturated rings. The molecule has 0 amide bonds. The van der Waals surface area contributed by atoms with Crippen LogP contribution in [0.1, 0.15) is 109 Å². The zero-order valence-electron chi connectivity index (χ0n) is 27.1. The van der Waals surface area contributed by atoms with Crippen molar-refractivity contribution in [3.05, 3.63) is 76.2 Å². The summed E-state index contributed by atoms with van der Waals surface area (Å²) in [5.41, 5.74) is 9.07. The number of pyridine rings is 1. The second-order valence-corrected chi connectivity index (χ2v) is 12.6. The molecule has 4 heteroatoms. The number of aromatic nitrogens is 1. The molecule has 0 spiro atoms. The van der Waals surface area contributed by atoms with Crippen LogP contribution in [0.25, 0.3) is 22.0 Å². The Balaban J connectivity index is 0.000000320. The molecule has 3 nitrogen and oxygen atoms in total. The minimum absolute atomic E-state index is 0. The van der Waals surface area contributed by atoms with Gasteiger partial charge in [-0.05, 0) is 62.0 Å². The van der Waals surface area contributed by atoms with Gasteiger partial charge in [-0.2, -0.15) is 0 Å². The maximum atomic E-state index is 11.7. The molecule has 0 saturated heterocycles. The summed E-state index contributed by atoms with van der Waals surface area (Å²) in [6.45, 7) is 24.2. The summed E-state index contributed by atoms with van der Waals surface area (Å²) in [7, 11) is 0. The average Bonchev–Trinajstić information content (AvgIpc) is 2.90. The van der Waals surface area contributed by atoms with Gasteiger partial charge in [0.05, 0.1) is 5.76 Å². The normalized spacial score (nSPS) is 15.1. The first-order valence-corrected chi connectivity index (χ1v) is 15.1. The van der Waals surface area contributed by atoms with E-state index >= 15 is 0 Å². The zero-order chi connectivity index (χ0) is 30.0. The van der Waals surface area contributed by atoms with Crippen molar-refractivity contribution in [3.63, 3.8) is 0 Å². The first-order valence-electron chi connectivity index (χ1n) is 15.1. The summed E-state index contributed by atoms with van der Waals surface area (Å²) in [5.74, 6) is 0.547. The number of aliphatic hydroxyl groups is 1. The number of benzene rings is 2. The van der Waals surface area contributed by atoms with E-state index in [2.05, 4.69) is 78.8 Å². The number of carbonyl (C=O) groups excluding carboxylic acids is 1. The van der Waals surface area contributed by atoms with Gasteiger partial charge in [-0.15, -0.1) is 23.1 Å². The Bertz CT molecular complexity index is 1410. The number of hydrogen-bond donors (Lipinski definition) is 1. The number of aliphatic hydroxyl groups excluding tert-OH is 1. The van der Waals surface area contributed by atoms with Gasteiger partial charge in [-0.1, -0.05) is 102 Å². The Morgan fingerprint density at radius 1 is 0.927 bits per heavy atom. The molecule has 2 aromatic carbocycles. The number of hydrogen-bond acceptors (Lipinski definition) is 3. The fraction of sp³-hybridized carbons (Fsp3) is 0.514. The van der Waals surface area contributed by atoms with Crippen LogP contribution in [0.4, 0.5) is 0 Å². The molecular formula is C37H50IrNO2-. The van der Waals surface area contributed by atoms with Crippen molar-refractivity contribution >= 4 is 16.6 Å². The number of carbonyl (C=O) groups is 1. The van der Waals surface area contributed by atoms with Crippen molar-refractivity contribution in [2.45, 2.75) is 113 Å². The van der Waals surface area contributed by atoms with Gasteiger partial charge in [-0.25, -0.2) is 0 Å². The first kappa shape index (κ1) is 34.9. The Labute approximate surface area is 262 Å². The van der Waals surface area contributed by atoms with Crippen LogP contribution < -0.4 is 0 Å². The predicted octanol–water partition coefficient (Wildman–Crippen LogP) is 10.1. The van der Waals surface area contributed by atoms with E-state index in [0.29, 0.717) is 0 Å². The number of nitrogens with zero attached hydrogens (tertiary/aromatic N) is 1. The Morgan fingerprint density at radius 2 is 1.49 bits per heavy atom. The van der Waals surface area contributed by atoms with E-state index in [1.165, 1.54) is 50.2 Å². The molecule has 3 aromatic rings. The van der Waals surface area contributed by atoms with Crippen LogP contribution >= 0.6 is 0 Å². The van der Waals surface area contributed by atoms with E-state index in [9.17, 15) is 9.90 Å². The number of fused-ring (bicyclic) bond motifs is 4. The number of rotatable bonds is 7. The first-order chi connectivity index (χ1) is 18.8. The third-order valence-electron chi connectivity index (χ3n) is 9.91. The van der Waals surface area contributed by atoms with E-state index < -0.39 is 0 Å². The third-order valence-corrected chi connectivity index (χ3v) is 9.91. The van der Waals surface area contributed by atoms with Crippen molar-refractivity contribution in [1.82, 2.24) is 4.98 Å². The Kier molecular flexibility index (Phi) is 11.7. The van der Waals surface area contributed by atoms with Crippen LogP contribution in [0.2, 0.25) is 0 Å². The monoisotopic (exact) mass is 733 g/mol. The van der Waals surface area contributed by atoms with Gasteiger partial charge in [0.1, 0.15) is 0 Å². The molecule has 0 aliphatic heterocycles. The summed E-state index contributed by atoms with van der Waals surface area (Å²) >= 11 is 0. The van der Waals surface area contributed by atoms with Gasteiger partial charge >= 0.3 is 0 Å². The van der Waals surface area contributed by atoms with Gasteiger partial charge in [0.15, 0.2) is 5.78 Å². The Hall–Kier alpha value is -2.29. The summed E-state index contributed by atoms with van der Waals surface area (Å²) in [6, 6.07) is 12.6. The molecule has 0 bridgehead atoms. The van der Waals surface area contributed by atoms with E-state index in [-0.39, 0.29) is 54.3 Å². The van der Waals surface area contributed by atoms with Crippen molar-refractivity contribution in [1.29, 1.82) is 0 Å². The fourth-order valence-electron chi connectivity index (χ4n) is 6.25. The van der Waals surface area contributed by atoms with Gasteiger partial charge in [0.2, 0.25) is 0 Å². The minimum Gasteiger partial charge on any atom is -0.512 e. The van der Waals surface area contributed by atoms with Crippen LogP contribution in [-0.2, 0) is 35.7 Å². The van der Waals surface area contributed by atoms with Crippen LogP contribution in [-0.4, -0.2) is 15.9 Å². The molecule has 1 radical (unpaired) electrons. The van der Waals surface area contributed by atoms with Crippen LogP contribution in [0, 0.1) is 38.7 Å². The van der Waals surface area contributed by atoms with Crippen LogP contribution in [0.3, 0.4) is 0 Å². The Morgan fingerprint density at radius 3 is 2.05 bits per heavy atom. The van der Waals surface area contributed by atoms with E-state index in [1.54, 1.807) is 0 Å². The van der Waals surface area contributed by atoms with Gasteiger partial charge in [0.25, 0.3) is 0 Å². The van der Waals surface area contributed by atoms with E-state index in [4.69, 9.17) is 4.98 Å². The SMILES string of the molecule is CCC(CC)C(=O)/C=C(\O)C(CC)CC.Cc1cc2[c-]c3c(c(C)c2cc1C)C(C)(C)C(C)(C)c1cccnc1-3.[Ir]. The maximum absolute atomic E-state index is 11.7. The maximum Gasteiger partial charge on any atom is 0.162 e. The van der Waals surface area contributed by atoms with Crippen molar-refractivity contribution in [3.8, 4) is 11.3 Å². The molecule has 1 heterocycles. The second kappa shape index (κ2) is 13.8. The van der Waals surface area contributed by atoms with E-state index in [0.717, 1.165) is 31.4 Å². The standard InChI is InChI=1S/C24H26N.C13H24O2.Ir/c1-14-11-17-13-19-21(16(3)18(17)12-15(14)2)24(6,7)23(4,5)20-9-8-10-25-22(19)20;1-5-10(6-2)12(14)9-13(15)11(7-3)8-4;/h8-12H,1-7H3;9-11,14H,5-8H2,1-4H3;/q-1;;/b;12-9-;. The average molecular weight is 733 g/mol. The number of aryl methyl sites for hydroxylation is 3. The zero-order valence-corrected chi connectivity index (χ0v) is 29.5. The van der Waals surface area contributed by atoms with E-state index in [1.807, 2.05) is 33.9 Å². The van der Waals surface area contributed by atoms with Gasteiger partial charge in [0, 0.05) is 49.9 Å². The minimum atomic E-state index is 0. The second-order valence-electron chi connectivity index (χ2n) is 12.6. The topological polar surface area (TPSA) is 50.2 Å². The largest absolute Gasteiger partial charge is 0.512 e. The summed E-state index contributed by atoms with van der Waals surface area (Å²) in [5, 5.41) is 12.3. The molecule has 1 aliphatic carbocycles. The molecule has 225 valence electrons. The molecule has 0 unspecified atom stereocenters. The molecule has 0 saturated carbocycles. The molecule has 1 N–H and O–H groups in total. The predicted molar refractivity (Wildman–Crippen MR) is 170 cm³/mol. The molecule has 0 atom stereocenters. The molecule has 4 rings (SSSR count). The van der Waals surface area contributed by atoms with Gasteiger partial charge in [-0.3, -0.25) is 9.78 Å². The molecular weight excluding hydrogens is 683 g/mol. The summed E-state index contributed by atoms with van der Waals surface area (Å²) < 4.78 is 0. The molecule has 1 aliphatic rings. The fourth-order valence-corrected chi connectivity index (χ4v) is 6.25. The number of allylic oxidation sites excluding steroid dienone is 2. The third kappa shape index (κ3) is 6.55.